The van der Waals surface area contributed by atoms with E-state index in [0.29, 0.717) is 42.5 Å². The second kappa shape index (κ2) is 12.9. The van der Waals surface area contributed by atoms with E-state index in [1.54, 1.807) is 17.0 Å². The number of carbonyl (C=O) groups excluding carboxylic acids is 2. The summed E-state index contributed by atoms with van der Waals surface area (Å²) in [6.45, 7) is 2.67. The molecule has 33 heavy (non-hydrogen) atoms. The highest BCUT2D eigenvalue weighted by Crippen LogP contribution is 2.25. The Labute approximate surface area is 206 Å². The predicted molar refractivity (Wildman–Crippen MR) is 133 cm³/mol. The van der Waals surface area contributed by atoms with Crippen LogP contribution in [0.25, 0.3) is 0 Å². The fraction of sp³-hybridized carbons (Fsp3) is 0.462. The van der Waals surface area contributed by atoms with Crippen LogP contribution < -0.4 is 10.1 Å². The molecule has 0 aliphatic heterocycles. The van der Waals surface area contributed by atoms with Gasteiger partial charge in [0, 0.05) is 19.0 Å². The van der Waals surface area contributed by atoms with Crippen LogP contribution in [0.2, 0.25) is 10.0 Å². The molecule has 2 aromatic rings. The molecule has 0 unspecified atom stereocenters. The number of benzene rings is 2. The molecule has 3 rings (SSSR count). The van der Waals surface area contributed by atoms with Crippen LogP contribution in [0, 0.1) is 0 Å². The van der Waals surface area contributed by atoms with Gasteiger partial charge in [-0.1, -0.05) is 67.2 Å². The normalized spacial score (nSPS) is 14.6. The van der Waals surface area contributed by atoms with Gasteiger partial charge < -0.3 is 15.0 Å². The Morgan fingerprint density at radius 2 is 1.82 bits per heavy atom. The lowest BCUT2D eigenvalue weighted by atomic mass is 10.1. The molecule has 0 heterocycles. The average Bonchev–Trinajstić information content (AvgIpc) is 3.32. The number of halogens is 2. The highest BCUT2D eigenvalue weighted by atomic mass is 35.5. The van der Waals surface area contributed by atoms with Crippen LogP contribution >= 0.6 is 23.2 Å². The highest BCUT2D eigenvalue weighted by molar-refractivity contribution is 6.42. The summed E-state index contributed by atoms with van der Waals surface area (Å²) in [5, 5.41) is 4.05. The number of amides is 2. The molecule has 0 aromatic heterocycles. The third kappa shape index (κ3) is 7.65. The van der Waals surface area contributed by atoms with Crippen LogP contribution in [0.5, 0.6) is 5.75 Å². The summed E-state index contributed by atoms with van der Waals surface area (Å²) in [6.07, 6.45) is 5.66. The minimum Gasteiger partial charge on any atom is -0.494 e. The third-order valence-corrected chi connectivity index (χ3v) is 6.71. The number of hydrogen-bond acceptors (Lipinski definition) is 3. The summed E-state index contributed by atoms with van der Waals surface area (Å²) in [5.41, 5.74) is 0.838. The van der Waals surface area contributed by atoms with Crippen LogP contribution in [0.4, 0.5) is 0 Å². The molecular weight excluding hydrogens is 459 g/mol. The lowest BCUT2D eigenvalue weighted by molar-refractivity contribution is -0.141. The first-order chi connectivity index (χ1) is 16.0. The number of nitrogens with zero attached hydrogens (tertiary/aromatic N) is 1. The zero-order valence-electron chi connectivity index (χ0n) is 19.1. The average molecular weight is 491 g/mol. The second-order valence-electron chi connectivity index (χ2n) is 8.45. The standard InChI is InChI=1S/C26H32Cl2N2O3/c1-2-24(26(32)29-20-9-6-7-10-20)30(18-19-14-15-22(27)23(28)17-19)25(31)13-8-16-33-21-11-4-3-5-12-21/h3-5,11-12,14-15,17,20,24H,2,6-10,13,16,18H2,1H3,(H,29,32)/t24-/m0/s1. The van der Waals surface area contributed by atoms with Crippen molar-refractivity contribution < 1.29 is 14.3 Å². The third-order valence-electron chi connectivity index (χ3n) is 5.97. The number of para-hydroxylation sites is 1. The zero-order chi connectivity index (χ0) is 23.6. The Morgan fingerprint density at radius 3 is 2.48 bits per heavy atom. The van der Waals surface area contributed by atoms with Crippen molar-refractivity contribution in [2.75, 3.05) is 6.61 Å². The molecule has 0 saturated heterocycles. The zero-order valence-corrected chi connectivity index (χ0v) is 20.6. The van der Waals surface area contributed by atoms with Crippen molar-refractivity contribution in [3.63, 3.8) is 0 Å². The lowest BCUT2D eigenvalue weighted by Crippen LogP contribution is -2.50. The summed E-state index contributed by atoms with van der Waals surface area (Å²) in [4.78, 5) is 28.1. The number of ether oxygens (including phenoxy) is 1. The molecule has 1 aliphatic rings. The van der Waals surface area contributed by atoms with E-state index >= 15 is 0 Å². The van der Waals surface area contributed by atoms with Crippen LogP contribution in [-0.2, 0) is 16.1 Å². The number of rotatable bonds is 11. The highest BCUT2D eigenvalue weighted by Gasteiger charge is 2.30. The van der Waals surface area contributed by atoms with Gasteiger partial charge in [-0.2, -0.15) is 0 Å². The Morgan fingerprint density at radius 1 is 1.09 bits per heavy atom. The van der Waals surface area contributed by atoms with E-state index in [0.717, 1.165) is 37.0 Å². The molecule has 7 heteroatoms. The topological polar surface area (TPSA) is 58.6 Å². The van der Waals surface area contributed by atoms with Gasteiger partial charge in [0.1, 0.15) is 11.8 Å². The van der Waals surface area contributed by atoms with Crippen molar-refractivity contribution >= 4 is 35.0 Å². The van der Waals surface area contributed by atoms with Gasteiger partial charge in [-0.15, -0.1) is 0 Å². The van der Waals surface area contributed by atoms with Gasteiger partial charge in [-0.3, -0.25) is 9.59 Å². The molecule has 2 amide bonds. The molecule has 0 radical (unpaired) electrons. The molecule has 1 N–H and O–H groups in total. The van der Waals surface area contributed by atoms with E-state index in [9.17, 15) is 9.59 Å². The first-order valence-electron chi connectivity index (χ1n) is 11.7. The Balaban J connectivity index is 1.67. The molecule has 1 atom stereocenters. The minimum atomic E-state index is -0.539. The molecule has 1 saturated carbocycles. The SMILES string of the molecule is CC[C@@H](C(=O)NC1CCCC1)N(Cc1ccc(Cl)c(Cl)c1)C(=O)CCCOc1ccccc1. The van der Waals surface area contributed by atoms with Crippen molar-refractivity contribution in [3.8, 4) is 5.75 Å². The number of hydrogen-bond donors (Lipinski definition) is 1. The second-order valence-corrected chi connectivity index (χ2v) is 9.26. The van der Waals surface area contributed by atoms with Gasteiger partial charge >= 0.3 is 0 Å². The van der Waals surface area contributed by atoms with Gasteiger partial charge in [-0.05, 0) is 55.5 Å². The lowest BCUT2D eigenvalue weighted by Gasteiger charge is -2.31. The maximum atomic E-state index is 13.3. The van der Waals surface area contributed by atoms with Gasteiger partial charge in [0.25, 0.3) is 0 Å². The Bertz CT molecular complexity index is 917. The maximum Gasteiger partial charge on any atom is 0.243 e. The van der Waals surface area contributed by atoms with E-state index in [1.807, 2.05) is 43.3 Å². The Hall–Kier alpha value is -2.24. The Kier molecular flexibility index (Phi) is 9.89. The van der Waals surface area contributed by atoms with Crippen molar-refractivity contribution in [1.82, 2.24) is 10.2 Å². The first-order valence-corrected chi connectivity index (χ1v) is 12.4. The van der Waals surface area contributed by atoms with E-state index in [2.05, 4.69) is 5.32 Å². The summed E-state index contributed by atoms with van der Waals surface area (Å²) in [6, 6.07) is 14.5. The molecule has 178 valence electrons. The van der Waals surface area contributed by atoms with Gasteiger partial charge in [-0.25, -0.2) is 0 Å². The number of nitrogens with one attached hydrogen (secondary N) is 1. The van der Waals surface area contributed by atoms with Gasteiger partial charge in [0.05, 0.1) is 16.7 Å². The van der Waals surface area contributed by atoms with Crippen molar-refractivity contribution in [2.45, 2.75) is 70.5 Å². The van der Waals surface area contributed by atoms with Gasteiger partial charge in [0.15, 0.2) is 0 Å². The molecule has 5 nitrogen and oxygen atoms in total. The van der Waals surface area contributed by atoms with E-state index < -0.39 is 6.04 Å². The number of carbonyl (C=O) groups is 2. The summed E-state index contributed by atoms with van der Waals surface area (Å²) >= 11 is 12.3. The van der Waals surface area contributed by atoms with Crippen molar-refractivity contribution in [3.05, 3.63) is 64.1 Å². The van der Waals surface area contributed by atoms with Crippen molar-refractivity contribution in [2.24, 2.45) is 0 Å². The van der Waals surface area contributed by atoms with Gasteiger partial charge in [0.2, 0.25) is 11.8 Å². The molecule has 1 fully saturated rings. The monoisotopic (exact) mass is 490 g/mol. The molecule has 1 aliphatic carbocycles. The van der Waals surface area contributed by atoms with Crippen LogP contribution in [0.1, 0.15) is 57.4 Å². The fourth-order valence-corrected chi connectivity index (χ4v) is 4.52. The maximum absolute atomic E-state index is 13.3. The smallest absolute Gasteiger partial charge is 0.243 e. The summed E-state index contributed by atoms with van der Waals surface area (Å²) in [5.74, 6) is 0.615. The largest absolute Gasteiger partial charge is 0.494 e. The summed E-state index contributed by atoms with van der Waals surface area (Å²) < 4.78 is 5.72. The molecule has 0 bridgehead atoms. The van der Waals surface area contributed by atoms with Crippen molar-refractivity contribution in [1.29, 1.82) is 0 Å². The molecule has 0 spiro atoms. The van der Waals surface area contributed by atoms with Crippen LogP contribution in [0.3, 0.4) is 0 Å². The quantitative estimate of drug-likeness (QED) is 0.391. The van der Waals surface area contributed by atoms with E-state index in [1.165, 1.54) is 0 Å². The van der Waals surface area contributed by atoms with Crippen LogP contribution in [-0.4, -0.2) is 35.4 Å². The molecular formula is C26H32Cl2N2O3. The summed E-state index contributed by atoms with van der Waals surface area (Å²) in [7, 11) is 0. The van der Waals surface area contributed by atoms with E-state index in [4.69, 9.17) is 27.9 Å². The van der Waals surface area contributed by atoms with Crippen LogP contribution in [0.15, 0.2) is 48.5 Å². The minimum absolute atomic E-state index is 0.0776. The first kappa shape index (κ1) is 25.4. The predicted octanol–water partition coefficient (Wildman–Crippen LogP) is 6.02. The fourth-order valence-electron chi connectivity index (χ4n) is 4.20. The van der Waals surface area contributed by atoms with E-state index in [-0.39, 0.29) is 17.9 Å². The molecule has 2 aromatic carbocycles.